The highest BCUT2D eigenvalue weighted by molar-refractivity contribution is 6.54. The molecule has 11 aromatic carbocycles. The van der Waals surface area contributed by atoms with Crippen LogP contribution in [0.4, 0.5) is 0 Å². The van der Waals surface area contributed by atoms with Gasteiger partial charge in [0.05, 0.1) is 0 Å². The van der Waals surface area contributed by atoms with Crippen LogP contribution in [0.2, 0.25) is 0 Å². The second-order valence-electron chi connectivity index (χ2n) is 11.0. The van der Waals surface area contributed by atoms with Crippen molar-refractivity contribution in [3.8, 4) is 0 Å². The predicted molar refractivity (Wildman–Crippen MR) is 161 cm³/mol. The molecule has 0 spiro atoms. The van der Waals surface area contributed by atoms with Crippen molar-refractivity contribution in [1.82, 2.24) is 0 Å². The molecule has 11 rings (SSSR count). The van der Waals surface area contributed by atoms with Gasteiger partial charge in [0.15, 0.2) is 10.9 Å². The fraction of sp³-hybridized carbons (Fsp3) is 0. The van der Waals surface area contributed by atoms with Gasteiger partial charge in [-0.15, -0.1) is 0 Å². The van der Waals surface area contributed by atoms with Crippen LogP contribution in [0.15, 0.2) is 94.5 Å². The standard InChI is InChI=1S/C36H14O2/c37-35-21-9-7-15-3-1-5-17-19-11-13-23-31-27(19)33(29(21)25(15)17)32-24(35)14-12-20-18-6-2-4-16-8-10-22(36(23)38)30(26(16)18)34(31)28(20)32/h1-14H. The second kappa shape index (κ2) is 5.44. The average Bonchev–Trinajstić information content (AvgIpc) is 2.96. The Morgan fingerprint density at radius 1 is 0.263 bits per heavy atom. The smallest absolute Gasteiger partial charge is 0.194 e. The van der Waals surface area contributed by atoms with E-state index in [4.69, 9.17) is 0 Å². The number of hydrogen-bond donors (Lipinski definition) is 0. The molecule has 2 heteroatoms. The lowest BCUT2D eigenvalue weighted by Gasteiger charge is -2.25. The number of benzene rings is 11. The fourth-order valence-electron chi connectivity index (χ4n) is 8.22. The van der Waals surface area contributed by atoms with E-state index in [1.54, 1.807) is 0 Å². The van der Waals surface area contributed by atoms with Gasteiger partial charge in [-0.1, -0.05) is 60.7 Å². The third-order valence-electron chi connectivity index (χ3n) is 9.56. The van der Waals surface area contributed by atoms with Crippen LogP contribution in [-0.4, -0.2) is 0 Å². The van der Waals surface area contributed by atoms with Crippen LogP contribution in [-0.2, 0) is 0 Å². The Bertz CT molecular complexity index is 2710. The fourth-order valence-corrected chi connectivity index (χ4v) is 8.22. The SMILES string of the molecule is O=c1c2ccc3cccc4c5ccc6c(=O)c7ccc8cccc9c%10ccc1c1c%10c(c7c89)c6c5c1c2c34. The summed E-state index contributed by atoms with van der Waals surface area (Å²) in [5.41, 5.74) is 0.178. The molecule has 0 aliphatic heterocycles. The van der Waals surface area contributed by atoms with E-state index in [1.165, 1.54) is 0 Å². The molecule has 0 radical (unpaired) electrons. The van der Waals surface area contributed by atoms with Crippen LogP contribution in [0.5, 0.6) is 0 Å². The summed E-state index contributed by atoms with van der Waals surface area (Å²) in [4.78, 5) is 28.3. The summed E-state index contributed by atoms with van der Waals surface area (Å²) in [6, 6.07) is 29.3. The van der Waals surface area contributed by atoms with Crippen LogP contribution in [0.3, 0.4) is 0 Å². The minimum absolute atomic E-state index is 0.0890. The van der Waals surface area contributed by atoms with Crippen LogP contribution >= 0.6 is 0 Å². The minimum atomic E-state index is 0.0890. The molecule has 0 N–H and O–H groups in total. The van der Waals surface area contributed by atoms with E-state index in [1.807, 2.05) is 24.3 Å². The van der Waals surface area contributed by atoms with Crippen molar-refractivity contribution in [3.63, 3.8) is 0 Å². The Balaban J connectivity index is 1.72. The highest BCUT2D eigenvalue weighted by atomic mass is 16.1. The van der Waals surface area contributed by atoms with Crippen LogP contribution in [0, 0.1) is 0 Å². The highest BCUT2D eigenvalue weighted by Crippen LogP contribution is 2.53. The third-order valence-corrected chi connectivity index (χ3v) is 9.56. The van der Waals surface area contributed by atoms with Gasteiger partial charge in [0.2, 0.25) is 0 Å². The first-order chi connectivity index (χ1) is 18.7. The molecular formula is C36H14O2. The topological polar surface area (TPSA) is 34.1 Å². The molecule has 0 fully saturated rings. The molecule has 0 heterocycles. The van der Waals surface area contributed by atoms with E-state index < -0.39 is 0 Å². The Morgan fingerprint density at radius 2 is 0.579 bits per heavy atom. The van der Waals surface area contributed by atoms with Crippen molar-refractivity contribution in [2.75, 3.05) is 0 Å². The summed E-state index contributed by atoms with van der Waals surface area (Å²) in [6.45, 7) is 0. The van der Waals surface area contributed by atoms with Gasteiger partial charge >= 0.3 is 0 Å². The molecule has 0 aliphatic carbocycles. The highest BCUT2D eigenvalue weighted by Gasteiger charge is 2.28. The Hall–Kier alpha value is -5.08. The molecule has 0 saturated carbocycles. The molecule has 0 aliphatic rings. The van der Waals surface area contributed by atoms with Gasteiger partial charge in [0, 0.05) is 53.9 Å². The Labute approximate surface area is 212 Å². The summed E-state index contributed by atoms with van der Waals surface area (Å²) in [7, 11) is 0. The van der Waals surface area contributed by atoms with Crippen molar-refractivity contribution in [2.24, 2.45) is 0 Å². The molecule has 0 bridgehead atoms. The molecule has 2 nitrogen and oxygen atoms in total. The molecular weight excluding hydrogens is 464 g/mol. The van der Waals surface area contributed by atoms with Gasteiger partial charge in [0.1, 0.15) is 0 Å². The second-order valence-corrected chi connectivity index (χ2v) is 11.0. The monoisotopic (exact) mass is 478 g/mol. The van der Waals surface area contributed by atoms with E-state index in [0.717, 1.165) is 108 Å². The number of hydrogen-bond acceptors (Lipinski definition) is 2. The molecule has 0 amide bonds. The summed E-state index contributed by atoms with van der Waals surface area (Å²) in [5.74, 6) is 0. The Morgan fingerprint density at radius 3 is 1.03 bits per heavy atom. The van der Waals surface area contributed by atoms with Crippen molar-refractivity contribution >= 4 is 108 Å². The van der Waals surface area contributed by atoms with Gasteiger partial charge < -0.3 is 0 Å². The zero-order valence-electron chi connectivity index (χ0n) is 19.9. The summed E-state index contributed by atoms with van der Waals surface area (Å²) >= 11 is 0. The van der Waals surface area contributed by atoms with Gasteiger partial charge in [-0.05, 0) is 78.1 Å². The molecule has 38 heavy (non-hydrogen) atoms. The number of fused-ring (bicyclic) bond motifs is 2. The van der Waals surface area contributed by atoms with E-state index in [2.05, 4.69) is 60.7 Å². The summed E-state index contributed by atoms with van der Waals surface area (Å²) in [5, 5.41) is 20.9. The van der Waals surface area contributed by atoms with Crippen LogP contribution < -0.4 is 10.9 Å². The maximum atomic E-state index is 14.1. The predicted octanol–water partition coefficient (Wildman–Crippen LogP) is 8.57. The lowest BCUT2D eigenvalue weighted by atomic mass is 9.77. The van der Waals surface area contributed by atoms with Crippen molar-refractivity contribution in [2.45, 2.75) is 0 Å². The third kappa shape index (κ3) is 1.61. The average molecular weight is 479 g/mol. The van der Waals surface area contributed by atoms with E-state index in [0.29, 0.717) is 0 Å². The first kappa shape index (κ1) is 18.2. The minimum Gasteiger partial charge on any atom is -0.289 e. The van der Waals surface area contributed by atoms with Gasteiger partial charge in [-0.2, -0.15) is 0 Å². The van der Waals surface area contributed by atoms with Crippen molar-refractivity contribution in [3.05, 3.63) is 105 Å². The quantitative estimate of drug-likeness (QED) is 0.162. The van der Waals surface area contributed by atoms with Gasteiger partial charge in [-0.25, -0.2) is 0 Å². The normalized spacial score (nSPS) is 13.5. The Kier molecular flexibility index (Phi) is 2.61. The largest absolute Gasteiger partial charge is 0.289 e. The van der Waals surface area contributed by atoms with Gasteiger partial charge in [0.25, 0.3) is 0 Å². The van der Waals surface area contributed by atoms with Crippen LogP contribution in [0.25, 0.3) is 108 Å². The van der Waals surface area contributed by atoms with Crippen LogP contribution in [0.1, 0.15) is 0 Å². The first-order valence-corrected chi connectivity index (χ1v) is 13.0. The maximum absolute atomic E-state index is 14.1. The van der Waals surface area contributed by atoms with E-state index in [-0.39, 0.29) is 10.9 Å². The summed E-state index contributed by atoms with van der Waals surface area (Å²) in [6.07, 6.45) is 0. The maximum Gasteiger partial charge on any atom is 0.194 e. The van der Waals surface area contributed by atoms with E-state index >= 15 is 0 Å². The molecule has 0 saturated heterocycles. The first-order valence-electron chi connectivity index (χ1n) is 13.0. The van der Waals surface area contributed by atoms with Crippen molar-refractivity contribution in [1.29, 1.82) is 0 Å². The van der Waals surface area contributed by atoms with E-state index in [9.17, 15) is 9.59 Å². The zero-order valence-corrected chi connectivity index (χ0v) is 19.9. The molecule has 0 aromatic heterocycles. The number of rotatable bonds is 0. The zero-order chi connectivity index (χ0) is 24.6. The molecule has 0 unspecified atom stereocenters. The molecule has 0 atom stereocenters. The summed E-state index contributed by atoms with van der Waals surface area (Å²) < 4.78 is 0. The van der Waals surface area contributed by atoms with Gasteiger partial charge in [-0.3, -0.25) is 9.59 Å². The molecule has 170 valence electrons. The molecule has 11 aromatic rings. The lowest BCUT2D eigenvalue weighted by molar-refractivity contribution is 1.74. The lowest BCUT2D eigenvalue weighted by Crippen LogP contribution is -2.09. The van der Waals surface area contributed by atoms with Crippen molar-refractivity contribution < 1.29 is 0 Å².